The van der Waals surface area contributed by atoms with Crippen molar-refractivity contribution in [3.8, 4) is 91.3 Å². The first-order valence-corrected chi connectivity index (χ1v) is 38.9. The minimum absolute atomic E-state index is 0.0214. The number of nitrogens with two attached hydrogens (primary N) is 4. The van der Waals surface area contributed by atoms with Crippen LogP contribution in [-0.2, 0) is 47.8 Å². The van der Waals surface area contributed by atoms with Gasteiger partial charge in [0.15, 0.2) is 23.8 Å². The average molecular weight is 1580 g/mol. The van der Waals surface area contributed by atoms with Crippen molar-refractivity contribution < 1.29 is 19.2 Å². The van der Waals surface area contributed by atoms with Gasteiger partial charge in [-0.25, -0.2) is 29.9 Å². The van der Waals surface area contributed by atoms with E-state index in [1.807, 2.05) is 100 Å². The van der Waals surface area contributed by atoms with Gasteiger partial charge in [0.1, 0.15) is 39.0 Å². The maximum Gasteiger partial charge on any atom is 0.245 e. The number of carbonyl (C=O) groups is 4. The van der Waals surface area contributed by atoms with Gasteiger partial charge in [-0.3, -0.25) is 53.7 Å². The van der Waals surface area contributed by atoms with E-state index < -0.39 is 32.9 Å². The second kappa shape index (κ2) is 32.2. The lowest BCUT2D eigenvalue weighted by molar-refractivity contribution is -0.133. The number of hydrogen-bond acceptors (Lipinski definition) is 21. The van der Waals surface area contributed by atoms with Crippen LogP contribution >= 0.6 is 61.3 Å². The molecule has 4 amide bonds. The summed E-state index contributed by atoms with van der Waals surface area (Å²) in [4.78, 5) is 101. The number of halogens is 1. The molecule has 550 valence electrons. The molecule has 1 aliphatic carbocycles. The number of rotatable bonds is 9. The van der Waals surface area contributed by atoms with E-state index >= 15 is 0 Å². The van der Waals surface area contributed by atoms with E-state index in [1.165, 1.54) is 41.9 Å². The quantitative estimate of drug-likeness (QED) is 0.0773. The summed E-state index contributed by atoms with van der Waals surface area (Å²) < 4.78 is 0. The Kier molecular flexibility index (Phi) is 23.3. The highest BCUT2D eigenvalue weighted by Crippen LogP contribution is 2.52. The molecule has 14 rings (SSSR count). The van der Waals surface area contributed by atoms with Crippen molar-refractivity contribution in [1.82, 2.24) is 44.5 Å². The number of pyridine rings is 3. The number of alkyl halides is 1. The van der Waals surface area contributed by atoms with Crippen molar-refractivity contribution >= 4 is 109 Å². The molecule has 12 heterocycles. The molecule has 21 nitrogen and oxygen atoms in total. The van der Waals surface area contributed by atoms with Gasteiger partial charge in [0.2, 0.25) is 23.6 Å². The molecule has 1 aromatic carbocycles. The molecule has 26 heteroatoms. The van der Waals surface area contributed by atoms with Crippen molar-refractivity contribution in [2.75, 3.05) is 28.2 Å². The molecule has 0 unspecified atom stereocenters. The molecule has 0 fully saturated rings. The van der Waals surface area contributed by atoms with Crippen LogP contribution in [-0.4, -0.2) is 125 Å². The van der Waals surface area contributed by atoms with E-state index in [9.17, 15) is 19.2 Å². The van der Waals surface area contributed by atoms with Crippen LogP contribution in [0.4, 0.5) is 0 Å². The molecule has 0 saturated heterocycles. The number of guanidine groups is 4. The summed E-state index contributed by atoms with van der Waals surface area (Å²) >= 11 is 9.87. The monoisotopic (exact) mass is 1580 g/mol. The number of amides is 4. The van der Waals surface area contributed by atoms with E-state index in [4.69, 9.17) is 32.9 Å². The van der Waals surface area contributed by atoms with E-state index in [0.29, 0.717) is 24.0 Å². The van der Waals surface area contributed by atoms with Gasteiger partial charge in [-0.2, -0.15) is 0 Å². The summed E-state index contributed by atoms with van der Waals surface area (Å²) in [5, 5.41) is 6.12. The van der Waals surface area contributed by atoms with E-state index in [-0.39, 0.29) is 47.4 Å². The van der Waals surface area contributed by atoms with Crippen LogP contribution < -0.4 is 22.9 Å². The maximum atomic E-state index is 13.5. The largest absolute Gasteiger partial charge is 0.369 e. The van der Waals surface area contributed by atoms with Crippen LogP contribution in [0, 0.1) is 53.3 Å². The minimum atomic E-state index is -0.838. The van der Waals surface area contributed by atoms with Gasteiger partial charge < -0.3 is 22.9 Å². The number of nitrogens with zero attached hydrogens (tertiary/aromatic N) is 13. The number of thiophene rings is 4. The van der Waals surface area contributed by atoms with Gasteiger partial charge in [0, 0.05) is 134 Å². The molecule has 0 bridgehead atoms. The molecule has 4 aliphatic heterocycles. The second-order valence-electron chi connectivity index (χ2n) is 27.3. The number of fused-ring (bicyclic) bond motifs is 2. The van der Waals surface area contributed by atoms with Gasteiger partial charge >= 0.3 is 0 Å². The fourth-order valence-electron chi connectivity index (χ4n) is 13.1. The number of hydrogen-bond donors (Lipinski definition) is 4. The van der Waals surface area contributed by atoms with Crippen LogP contribution in [0.2, 0.25) is 0 Å². The number of aryl methyl sites for hydroxylation is 1. The number of carbonyl (C=O) groups excluding carboxylic acids is 4. The number of aromatic nitrogens is 5. The standard InChI is InChI=1S/C26H27N5OS.C19H18N4OS.C19H20N4OS.C18H17BrN4OS/c1-6-7-20-13-21(29-15-28-20)19-12-22(33-14-19)26(4)23(24(32)31(5)25(27)30-26)18-10-8-17(9-11-18)16(2)3;1-3-4-12-7-14(11-21-10-12)15-8-13-5-6-19(17(13)25-15)9-16(24)23(2)18(20)22-19;1-5-6-13-7-14(10-21-9-13)15-8-16(25-11-15)19(3)12(2)17(24)23(4)18(20)22-19;1-4-5-11-6-12(9-21-8-11)13-7-14(25-10-13)18(2)15(19)16(24)23(3)17(20)22-18/h8-16,23H,1-5H3,(H2,27,30);7-8,10-11H,5-6,9H2,1-2H3,(H2,20,22);7-12H,1-4H3,(H2,20,22);6-10,15H,1-3H3,(H2,20,22)/t23-,26+;19-;12-,19-;15-,18+/m0000/s1. The summed E-state index contributed by atoms with van der Waals surface area (Å²) in [6, 6.07) is 24.5. The van der Waals surface area contributed by atoms with E-state index in [2.05, 4.69) is 148 Å². The lowest BCUT2D eigenvalue weighted by atomic mass is 9.77. The number of likely N-dealkylation sites (N-methyl/N-ethyl adjacent to an activating group) is 1. The van der Waals surface area contributed by atoms with E-state index in [1.54, 1.807) is 119 Å². The summed E-state index contributed by atoms with van der Waals surface area (Å²) in [6.07, 6.45) is 14.4. The van der Waals surface area contributed by atoms with Gasteiger partial charge in [-0.15, -0.1) is 63.1 Å². The summed E-state index contributed by atoms with van der Waals surface area (Å²) in [5.41, 5.74) is 34.9. The van der Waals surface area contributed by atoms with Crippen LogP contribution in [0.25, 0.3) is 44.0 Å². The zero-order chi connectivity index (χ0) is 77.7. The highest BCUT2D eigenvalue weighted by atomic mass is 79.9. The predicted octanol–water partition coefficient (Wildman–Crippen LogP) is 12.8. The topological polar surface area (TPSA) is 299 Å². The Labute approximate surface area is 654 Å². The maximum absolute atomic E-state index is 13.5. The summed E-state index contributed by atoms with van der Waals surface area (Å²) in [6.45, 7) is 19.3. The van der Waals surface area contributed by atoms with Crippen molar-refractivity contribution in [3.63, 3.8) is 0 Å². The Hall–Kier alpha value is -11.0. The molecule has 8 aromatic heterocycles. The second-order valence-corrected chi connectivity index (χ2v) is 32.0. The fourth-order valence-corrected chi connectivity index (χ4v) is 18.5. The fraction of sp³-hybridized carbons (Fsp3) is 0.305. The SMILES string of the molecule is CC#Cc1cc(-c2csc([C@@]3(C)N=C(N)N(C)C(=O)[C@@H]3c3ccc(C(C)C)cc3)c2)ncn1.CC#Cc1cncc(-c2cc3c(s2)[C@]2(CC3)CC(=O)N(C)C(N)=N2)c1.CC#Cc1cncc(-c2csc([C@@]3(C)N=C(N)N(C)C(=O)[C@@H]3Br)c2)c1.CC#Cc1cncc(-c2csc([C@@]3(C)N=C(N)N(C)C(=O)[C@@H]3C)c2)c1. The zero-order valence-electron chi connectivity index (χ0n) is 62.4. The molecular weight excluding hydrogens is 1500 g/mol. The Balaban J connectivity index is 0.000000144. The predicted molar refractivity (Wildman–Crippen MR) is 438 cm³/mol. The summed E-state index contributed by atoms with van der Waals surface area (Å²) in [5.74, 6) is 24.0. The van der Waals surface area contributed by atoms with Crippen molar-refractivity contribution in [2.24, 2.45) is 48.8 Å². The first-order chi connectivity index (χ1) is 51.5. The summed E-state index contributed by atoms with van der Waals surface area (Å²) in [7, 11) is 6.63. The Morgan fingerprint density at radius 2 is 1.00 bits per heavy atom. The average Bonchev–Trinajstić information content (AvgIpc) is 1.39. The Morgan fingerprint density at radius 3 is 1.55 bits per heavy atom. The smallest absolute Gasteiger partial charge is 0.245 e. The van der Waals surface area contributed by atoms with Crippen LogP contribution in [0.5, 0.6) is 0 Å². The lowest BCUT2D eigenvalue weighted by Crippen LogP contribution is -2.54. The van der Waals surface area contributed by atoms with Crippen molar-refractivity contribution in [1.29, 1.82) is 0 Å². The normalized spacial score (nSPS) is 21.9. The zero-order valence-corrected chi connectivity index (χ0v) is 67.3. The minimum Gasteiger partial charge on any atom is -0.369 e. The molecule has 1 spiro atoms. The molecule has 0 saturated carbocycles. The highest BCUT2D eigenvalue weighted by Gasteiger charge is 2.50. The van der Waals surface area contributed by atoms with Gasteiger partial charge in [-0.05, 0) is 160 Å². The number of benzene rings is 1. The Bertz CT molecular complexity index is 5250. The Morgan fingerprint density at radius 1 is 0.528 bits per heavy atom. The third-order valence-electron chi connectivity index (χ3n) is 19.7. The molecular formula is C82H82BrN17O4S4. The molecule has 108 heavy (non-hydrogen) atoms. The van der Waals surface area contributed by atoms with Crippen LogP contribution in [0.1, 0.15) is 152 Å². The highest BCUT2D eigenvalue weighted by molar-refractivity contribution is 9.10. The lowest BCUT2D eigenvalue weighted by Gasteiger charge is -2.40. The van der Waals surface area contributed by atoms with Crippen molar-refractivity contribution in [2.45, 2.75) is 127 Å². The van der Waals surface area contributed by atoms with Gasteiger partial charge in [-0.1, -0.05) is 84.6 Å². The molecule has 7 atom stereocenters. The molecule has 9 aromatic rings. The van der Waals surface area contributed by atoms with Crippen molar-refractivity contribution in [3.05, 3.63) is 191 Å². The first kappa shape index (κ1) is 78.1. The molecule has 8 N–H and O–H groups in total. The third kappa shape index (κ3) is 15.7. The molecule has 0 radical (unpaired) electrons. The molecule has 5 aliphatic rings. The van der Waals surface area contributed by atoms with Gasteiger partial charge in [0.05, 0.1) is 24.0 Å². The van der Waals surface area contributed by atoms with E-state index in [0.717, 1.165) is 93.7 Å². The third-order valence-corrected chi connectivity index (χ3v) is 25.9. The van der Waals surface area contributed by atoms with Crippen LogP contribution in [0.3, 0.4) is 0 Å². The van der Waals surface area contributed by atoms with Crippen LogP contribution in [0.15, 0.2) is 152 Å². The van der Waals surface area contributed by atoms with Gasteiger partial charge in [0.25, 0.3) is 0 Å². The first-order valence-electron chi connectivity index (χ1n) is 34.5. The number of aliphatic imine (C=N–C) groups is 4.